The van der Waals surface area contributed by atoms with E-state index in [1.165, 1.54) is 5.56 Å². The maximum Gasteiger partial charge on any atom is 0.408 e. The summed E-state index contributed by atoms with van der Waals surface area (Å²) in [5.41, 5.74) is 1.61. The highest BCUT2D eigenvalue weighted by atomic mass is 35.5. The molecule has 0 aromatic heterocycles. The van der Waals surface area contributed by atoms with Crippen LogP contribution in [0.1, 0.15) is 44.7 Å². The van der Waals surface area contributed by atoms with E-state index in [4.69, 9.17) is 16.3 Å². The Bertz CT molecular complexity index is 920. The summed E-state index contributed by atoms with van der Waals surface area (Å²) in [7, 11) is 0. The van der Waals surface area contributed by atoms with Crippen LogP contribution in [0.15, 0.2) is 54.6 Å². The molecule has 2 aromatic carbocycles. The van der Waals surface area contributed by atoms with Gasteiger partial charge in [0.1, 0.15) is 11.6 Å². The fourth-order valence-corrected chi connectivity index (χ4v) is 4.20. The second-order valence-corrected chi connectivity index (χ2v) is 10.4. The molecule has 1 fully saturated rings. The first-order valence-electron chi connectivity index (χ1n) is 12.0. The van der Waals surface area contributed by atoms with E-state index in [9.17, 15) is 9.59 Å². The van der Waals surface area contributed by atoms with Crippen LogP contribution in [0.3, 0.4) is 0 Å². The van der Waals surface area contributed by atoms with Gasteiger partial charge in [-0.1, -0.05) is 54.1 Å². The number of amides is 2. The molecule has 0 bridgehead atoms. The number of likely N-dealkylation sites (tertiary alicyclic amines) is 1. The maximum absolute atomic E-state index is 13.0. The summed E-state index contributed by atoms with van der Waals surface area (Å²) in [5, 5.41) is 6.58. The van der Waals surface area contributed by atoms with E-state index in [0.717, 1.165) is 43.1 Å². The number of benzene rings is 2. The molecule has 0 saturated carbocycles. The van der Waals surface area contributed by atoms with Gasteiger partial charge in [-0.05, 0) is 75.9 Å². The molecular weight excluding hydrogens is 450 g/mol. The first-order valence-corrected chi connectivity index (χ1v) is 12.3. The minimum atomic E-state index is -0.692. The number of nitrogens with one attached hydrogen (secondary N) is 2. The van der Waals surface area contributed by atoms with Crippen molar-refractivity contribution in [1.82, 2.24) is 15.5 Å². The second kappa shape index (κ2) is 12.2. The Morgan fingerprint density at radius 2 is 1.68 bits per heavy atom. The molecule has 184 valence electrons. The zero-order valence-electron chi connectivity index (χ0n) is 20.4. The van der Waals surface area contributed by atoms with Crippen molar-refractivity contribution in [2.45, 2.75) is 58.2 Å². The van der Waals surface area contributed by atoms with Crippen LogP contribution in [-0.2, 0) is 22.5 Å². The minimum Gasteiger partial charge on any atom is -0.444 e. The molecule has 0 aliphatic carbocycles. The van der Waals surface area contributed by atoms with Crippen molar-refractivity contribution >= 4 is 23.6 Å². The Balaban J connectivity index is 1.49. The highest BCUT2D eigenvalue weighted by Gasteiger charge is 2.26. The van der Waals surface area contributed by atoms with E-state index in [1.54, 1.807) is 20.8 Å². The predicted octanol–water partition coefficient (Wildman–Crippen LogP) is 4.80. The van der Waals surface area contributed by atoms with Gasteiger partial charge in [-0.25, -0.2) is 4.79 Å². The van der Waals surface area contributed by atoms with Crippen molar-refractivity contribution in [3.8, 4) is 0 Å². The largest absolute Gasteiger partial charge is 0.444 e. The molecule has 1 aliphatic rings. The third kappa shape index (κ3) is 8.99. The summed E-state index contributed by atoms with van der Waals surface area (Å²) in [6.45, 7) is 8.91. The Morgan fingerprint density at radius 1 is 1.03 bits per heavy atom. The van der Waals surface area contributed by atoms with Crippen molar-refractivity contribution in [3.63, 3.8) is 0 Å². The van der Waals surface area contributed by atoms with Gasteiger partial charge in [0.2, 0.25) is 5.91 Å². The molecule has 3 rings (SSSR count). The van der Waals surface area contributed by atoms with Crippen LogP contribution >= 0.6 is 11.6 Å². The molecule has 2 amide bonds. The first-order chi connectivity index (χ1) is 16.2. The number of rotatable bonds is 8. The van der Waals surface area contributed by atoms with Crippen LogP contribution in [-0.4, -0.2) is 48.2 Å². The summed E-state index contributed by atoms with van der Waals surface area (Å²) in [4.78, 5) is 27.8. The lowest BCUT2D eigenvalue weighted by Crippen LogP contribution is -2.50. The molecule has 0 spiro atoms. The van der Waals surface area contributed by atoms with Gasteiger partial charge in [-0.3, -0.25) is 9.69 Å². The highest BCUT2D eigenvalue weighted by Crippen LogP contribution is 2.19. The number of halogens is 1. The lowest BCUT2D eigenvalue weighted by Gasteiger charge is -2.32. The third-order valence-electron chi connectivity index (χ3n) is 5.88. The second-order valence-electron chi connectivity index (χ2n) is 9.98. The molecule has 2 N–H and O–H groups in total. The van der Waals surface area contributed by atoms with Crippen LogP contribution < -0.4 is 10.6 Å². The molecule has 1 aliphatic heterocycles. The third-order valence-corrected chi connectivity index (χ3v) is 6.13. The van der Waals surface area contributed by atoms with E-state index < -0.39 is 17.7 Å². The predicted molar refractivity (Wildman–Crippen MR) is 136 cm³/mol. The standard InChI is InChI=1S/C27H36ClN3O3/c1-27(2,3)34-26(33)30-24(17-20-7-5-4-6-8-20)25(32)29-18-21-13-15-31(16-14-21)19-22-9-11-23(28)12-10-22/h4-12,21,24H,13-19H2,1-3H3,(H,29,32)(H,30,33). The van der Waals surface area contributed by atoms with Crippen molar-refractivity contribution < 1.29 is 14.3 Å². The van der Waals surface area contributed by atoms with Gasteiger partial charge < -0.3 is 15.4 Å². The lowest BCUT2D eigenvalue weighted by atomic mass is 9.96. The fourth-order valence-electron chi connectivity index (χ4n) is 4.07. The average Bonchev–Trinajstić information content (AvgIpc) is 2.79. The van der Waals surface area contributed by atoms with E-state index in [1.807, 2.05) is 42.5 Å². The van der Waals surface area contributed by atoms with Crippen molar-refractivity contribution in [1.29, 1.82) is 0 Å². The fraction of sp³-hybridized carbons (Fsp3) is 0.481. The molecule has 34 heavy (non-hydrogen) atoms. The summed E-state index contributed by atoms with van der Waals surface area (Å²) in [5.74, 6) is 0.239. The zero-order chi connectivity index (χ0) is 24.6. The van der Waals surface area contributed by atoms with Gasteiger partial charge in [-0.15, -0.1) is 0 Å². The van der Waals surface area contributed by atoms with Crippen molar-refractivity contribution in [2.75, 3.05) is 19.6 Å². The molecule has 1 unspecified atom stereocenters. The molecule has 0 radical (unpaired) electrons. The topological polar surface area (TPSA) is 70.7 Å². The van der Waals surface area contributed by atoms with Crippen LogP contribution in [0.2, 0.25) is 5.02 Å². The van der Waals surface area contributed by atoms with Gasteiger partial charge >= 0.3 is 6.09 Å². The highest BCUT2D eigenvalue weighted by molar-refractivity contribution is 6.30. The molecule has 2 aromatic rings. The minimum absolute atomic E-state index is 0.182. The van der Waals surface area contributed by atoms with Crippen LogP contribution in [0.25, 0.3) is 0 Å². The number of carbonyl (C=O) groups is 2. The molecule has 1 atom stereocenters. The Hall–Kier alpha value is -2.57. The number of ether oxygens (including phenoxy) is 1. The normalized spacial score (nSPS) is 16.0. The Labute approximate surface area is 208 Å². The number of piperidine rings is 1. The molecule has 1 saturated heterocycles. The summed E-state index contributed by atoms with van der Waals surface area (Å²) < 4.78 is 5.37. The maximum atomic E-state index is 13.0. The van der Waals surface area contributed by atoms with Gasteiger partial charge in [0.05, 0.1) is 0 Å². The van der Waals surface area contributed by atoms with Gasteiger partial charge in [0, 0.05) is 24.5 Å². The van der Waals surface area contributed by atoms with E-state index in [2.05, 4.69) is 27.7 Å². The van der Waals surface area contributed by atoms with Crippen molar-refractivity contribution in [3.05, 3.63) is 70.7 Å². The number of carbonyl (C=O) groups excluding carboxylic acids is 2. The summed E-state index contributed by atoms with van der Waals surface area (Å²) in [6.07, 6.45) is 1.87. The lowest BCUT2D eigenvalue weighted by molar-refractivity contribution is -0.123. The van der Waals surface area contributed by atoms with Gasteiger partial charge in [-0.2, -0.15) is 0 Å². The van der Waals surface area contributed by atoms with E-state index in [0.29, 0.717) is 18.9 Å². The summed E-state index contributed by atoms with van der Waals surface area (Å²) >= 11 is 5.98. The van der Waals surface area contributed by atoms with E-state index in [-0.39, 0.29) is 5.91 Å². The van der Waals surface area contributed by atoms with Crippen LogP contribution in [0.4, 0.5) is 4.79 Å². The average molecular weight is 486 g/mol. The Morgan fingerprint density at radius 3 is 2.29 bits per heavy atom. The number of nitrogens with zero attached hydrogens (tertiary/aromatic N) is 1. The molecule has 7 heteroatoms. The Kier molecular flexibility index (Phi) is 9.36. The first kappa shape index (κ1) is 26.0. The van der Waals surface area contributed by atoms with Crippen molar-refractivity contribution in [2.24, 2.45) is 5.92 Å². The molecular formula is C27H36ClN3O3. The molecule has 1 heterocycles. The molecule has 6 nitrogen and oxygen atoms in total. The van der Waals surface area contributed by atoms with Gasteiger partial charge in [0.15, 0.2) is 0 Å². The number of hydrogen-bond acceptors (Lipinski definition) is 4. The van der Waals surface area contributed by atoms with E-state index >= 15 is 0 Å². The number of hydrogen-bond donors (Lipinski definition) is 2. The monoisotopic (exact) mass is 485 g/mol. The quantitative estimate of drug-likeness (QED) is 0.563. The van der Waals surface area contributed by atoms with Crippen LogP contribution in [0.5, 0.6) is 0 Å². The SMILES string of the molecule is CC(C)(C)OC(=O)NC(Cc1ccccc1)C(=O)NCC1CCN(Cc2ccc(Cl)cc2)CC1. The van der Waals surface area contributed by atoms with Gasteiger partial charge in [0.25, 0.3) is 0 Å². The number of alkyl carbamates (subject to hydrolysis) is 1. The summed E-state index contributed by atoms with van der Waals surface area (Å²) in [6, 6.07) is 17.0. The van der Waals surface area contributed by atoms with Crippen LogP contribution in [0, 0.1) is 5.92 Å². The zero-order valence-corrected chi connectivity index (χ0v) is 21.1. The smallest absolute Gasteiger partial charge is 0.408 e.